The van der Waals surface area contributed by atoms with Crippen molar-refractivity contribution in [1.82, 2.24) is 9.97 Å². The first-order chi connectivity index (χ1) is 7.36. The molecule has 0 amide bonds. The average Bonchev–Trinajstić information content (AvgIpc) is 2.29. The van der Waals surface area contributed by atoms with E-state index >= 15 is 0 Å². The van der Waals surface area contributed by atoms with Crippen molar-refractivity contribution in [3.05, 3.63) is 18.6 Å². The Labute approximate surface area is 94.6 Å². The largest absolute Gasteiger partial charge is 0.377 e. The average molecular weight is 227 g/mol. The maximum Gasteiger partial charge on any atom is 0.114 e. The van der Waals surface area contributed by atoms with Gasteiger partial charge in [-0.05, 0) is 13.3 Å². The summed E-state index contributed by atoms with van der Waals surface area (Å²) < 4.78 is 5.45. The van der Waals surface area contributed by atoms with Crippen LogP contribution in [0.5, 0.6) is 0 Å². The Kier molecular flexibility index (Phi) is 6.31. The van der Waals surface area contributed by atoms with Gasteiger partial charge >= 0.3 is 0 Å². The van der Waals surface area contributed by atoms with E-state index in [0.29, 0.717) is 6.54 Å². The van der Waals surface area contributed by atoms with E-state index in [-0.39, 0.29) is 6.10 Å². The molecule has 1 heterocycles. The zero-order valence-electron chi connectivity index (χ0n) is 8.93. The summed E-state index contributed by atoms with van der Waals surface area (Å²) in [4.78, 5) is 8.18. The number of rotatable bonds is 7. The van der Waals surface area contributed by atoms with Crippen LogP contribution in [0.25, 0.3) is 0 Å². The fourth-order valence-electron chi connectivity index (χ4n) is 1.16. The number of hydrogen-bond acceptors (Lipinski definition) is 5. The number of nitrogens with zero attached hydrogens (tertiary/aromatic N) is 2. The molecule has 1 atom stereocenters. The molecule has 0 aliphatic carbocycles. The smallest absolute Gasteiger partial charge is 0.114 e. The van der Waals surface area contributed by atoms with Crippen LogP contribution in [0.15, 0.2) is 23.6 Å². The highest BCUT2D eigenvalue weighted by Gasteiger charge is 2.05. The van der Waals surface area contributed by atoms with Crippen molar-refractivity contribution in [2.24, 2.45) is 5.73 Å². The number of ether oxygens (including phenoxy) is 1. The van der Waals surface area contributed by atoms with Crippen molar-refractivity contribution >= 4 is 11.8 Å². The molecule has 0 saturated heterocycles. The molecule has 0 saturated carbocycles. The van der Waals surface area contributed by atoms with Crippen molar-refractivity contribution in [3.8, 4) is 0 Å². The summed E-state index contributed by atoms with van der Waals surface area (Å²) in [7, 11) is 0. The van der Waals surface area contributed by atoms with Gasteiger partial charge in [0.2, 0.25) is 0 Å². The molecule has 2 N–H and O–H groups in total. The van der Waals surface area contributed by atoms with Gasteiger partial charge in [-0.2, -0.15) is 0 Å². The lowest BCUT2D eigenvalue weighted by atomic mass is 10.3. The number of hydrogen-bond donors (Lipinski definition) is 1. The lowest BCUT2D eigenvalue weighted by Gasteiger charge is -2.13. The van der Waals surface area contributed by atoms with Gasteiger partial charge in [-0.15, -0.1) is 11.8 Å². The fraction of sp³-hybridized carbons (Fsp3) is 0.600. The Morgan fingerprint density at radius 1 is 1.53 bits per heavy atom. The molecule has 84 valence electrons. The van der Waals surface area contributed by atoms with E-state index in [2.05, 4.69) is 9.97 Å². The zero-order chi connectivity index (χ0) is 10.9. The second-order valence-corrected chi connectivity index (χ2v) is 4.11. The normalized spacial score (nSPS) is 12.7. The molecular formula is C10H17N3OS. The maximum atomic E-state index is 5.58. The lowest BCUT2D eigenvalue weighted by molar-refractivity contribution is 0.0674. The molecule has 0 aliphatic heterocycles. The number of thioether (sulfide) groups is 1. The minimum atomic E-state index is 0.166. The molecule has 0 aliphatic rings. The number of aromatic nitrogens is 2. The van der Waals surface area contributed by atoms with Gasteiger partial charge in [0.25, 0.3) is 0 Å². The number of nitrogens with two attached hydrogens (primary N) is 1. The summed E-state index contributed by atoms with van der Waals surface area (Å²) >= 11 is 1.68. The Morgan fingerprint density at radius 2 is 2.40 bits per heavy atom. The predicted molar refractivity (Wildman–Crippen MR) is 61.8 cm³/mol. The monoisotopic (exact) mass is 227 g/mol. The molecule has 1 rings (SSSR count). The van der Waals surface area contributed by atoms with Gasteiger partial charge in [-0.25, -0.2) is 4.98 Å². The van der Waals surface area contributed by atoms with Crippen LogP contribution in [0.1, 0.15) is 13.3 Å². The Balaban J connectivity index is 2.20. The fourth-order valence-corrected chi connectivity index (χ4v) is 2.02. The van der Waals surface area contributed by atoms with Crippen molar-refractivity contribution in [2.45, 2.75) is 24.5 Å². The molecule has 0 bridgehead atoms. The van der Waals surface area contributed by atoms with Gasteiger partial charge in [-0.1, -0.05) is 0 Å². The second-order valence-electron chi connectivity index (χ2n) is 2.99. The van der Waals surface area contributed by atoms with E-state index in [1.807, 2.05) is 6.92 Å². The quantitative estimate of drug-likeness (QED) is 0.712. The molecule has 0 aromatic carbocycles. The Hall–Kier alpha value is -0.650. The van der Waals surface area contributed by atoms with Gasteiger partial charge in [0.15, 0.2) is 0 Å². The van der Waals surface area contributed by atoms with E-state index in [4.69, 9.17) is 10.5 Å². The van der Waals surface area contributed by atoms with Crippen LogP contribution in [0.3, 0.4) is 0 Å². The molecular weight excluding hydrogens is 210 g/mol. The van der Waals surface area contributed by atoms with E-state index < -0.39 is 0 Å². The molecule has 0 fully saturated rings. The Bertz CT molecular complexity index is 258. The van der Waals surface area contributed by atoms with E-state index in [9.17, 15) is 0 Å². The van der Waals surface area contributed by atoms with E-state index in [1.54, 1.807) is 30.4 Å². The molecule has 1 aromatic heterocycles. The highest BCUT2D eigenvalue weighted by atomic mass is 32.2. The van der Waals surface area contributed by atoms with Gasteiger partial charge in [0.1, 0.15) is 5.03 Å². The van der Waals surface area contributed by atoms with Gasteiger partial charge in [0, 0.05) is 31.3 Å². The Morgan fingerprint density at radius 3 is 3.00 bits per heavy atom. The van der Waals surface area contributed by atoms with Crippen LogP contribution in [-0.4, -0.2) is 35.0 Å². The van der Waals surface area contributed by atoms with Crippen molar-refractivity contribution in [1.29, 1.82) is 0 Å². The first-order valence-corrected chi connectivity index (χ1v) is 6.05. The molecule has 4 nitrogen and oxygen atoms in total. The van der Waals surface area contributed by atoms with Crippen molar-refractivity contribution in [3.63, 3.8) is 0 Å². The summed E-state index contributed by atoms with van der Waals surface area (Å²) in [5.41, 5.74) is 5.58. The first-order valence-electron chi connectivity index (χ1n) is 5.07. The van der Waals surface area contributed by atoms with E-state index in [1.165, 1.54) is 0 Å². The molecule has 5 heteroatoms. The van der Waals surface area contributed by atoms with Gasteiger partial charge in [-0.3, -0.25) is 4.98 Å². The maximum absolute atomic E-state index is 5.58. The third kappa shape index (κ3) is 5.11. The first kappa shape index (κ1) is 12.4. The summed E-state index contributed by atoms with van der Waals surface area (Å²) in [5.74, 6) is 0.959. The van der Waals surface area contributed by atoms with Crippen LogP contribution in [-0.2, 0) is 4.74 Å². The van der Waals surface area contributed by atoms with E-state index in [0.717, 1.165) is 23.8 Å². The topological polar surface area (TPSA) is 61.0 Å². The highest BCUT2D eigenvalue weighted by Crippen LogP contribution is 2.15. The molecule has 0 spiro atoms. The van der Waals surface area contributed by atoms with Crippen LogP contribution < -0.4 is 5.73 Å². The molecule has 15 heavy (non-hydrogen) atoms. The van der Waals surface area contributed by atoms with Gasteiger partial charge in [0.05, 0.1) is 12.3 Å². The van der Waals surface area contributed by atoms with Crippen LogP contribution in [0, 0.1) is 0 Å². The molecule has 0 radical (unpaired) electrons. The molecule has 1 aromatic rings. The third-order valence-corrected chi connectivity index (χ3v) is 2.84. The summed E-state index contributed by atoms with van der Waals surface area (Å²) in [5, 5.41) is 0.949. The summed E-state index contributed by atoms with van der Waals surface area (Å²) in [6.45, 7) is 3.28. The predicted octanol–water partition coefficient (Wildman–Crippen LogP) is 1.32. The second kappa shape index (κ2) is 7.62. The van der Waals surface area contributed by atoms with Crippen molar-refractivity contribution in [2.75, 3.05) is 18.9 Å². The zero-order valence-corrected chi connectivity index (χ0v) is 9.74. The third-order valence-electron chi connectivity index (χ3n) is 1.89. The van der Waals surface area contributed by atoms with Crippen molar-refractivity contribution < 1.29 is 4.74 Å². The minimum Gasteiger partial charge on any atom is -0.377 e. The van der Waals surface area contributed by atoms with Crippen LogP contribution in [0.4, 0.5) is 0 Å². The summed E-state index contributed by atoms with van der Waals surface area (Å²) in [6.07, 6.45) is 6.26. The van der Waals surface area contributed by atoms with Gasteiger partial charge < -0.3 is 10.5 Å². The van der Waals surface area contributed by atoms with Crippen LogP contribution >= 0.6 is 11.8 Å². The standard InChI is InChI=1S/C10H17N3OS/c1-2-14-9(7-11)3-6-15-10-8-12-4-5-13-10/h4-5,8-9H,2-3,6-7,11H2,1H3. The molecule has 1 unspecified atom stereocenters. The highest BCUT2D eigenvalue weighted by molar-refractivity contribution is 7.99. The SMILES string of the molecule is CCOC(CN)CCSc1cnccn1. The minimum absolute atomic E-state index is 0.166. The lowest BCUT2D eigenvalue weighted by Crippen LogP contribution is -2.24. The summed E-state index contributed by atoms with van der Waals surface area (Å²) in [6, 6.07) is 0. The van der Waals surface area contributed by atoms with Crippen LogP contribution in [0.2, 0.25) is 0 Å².